The number of hydrazone groups is 1. The summed E-state index contributed by atoms with van der Waals surface area (Å²) in [7, 11) is 0. The smallest absolute Gasteiger partial charge is 0.266 e. The molecule has 0 radical (unpaired) electrons. The minimum atomic E-state index is -0.329. The van der Waals surface area contributed by atoms with Gasteiger partial charge in [0.25, 0.3) is 5.91 Å². The van der Waals surface area contributed by atoms with Crippen LogP contribution in [-0.2, 0) is 0 Å². The Bertz CT molecular complexity index is 905. The topological polar surface area (TPSA) is 54.4 Å². The van der Waals surface area contributed by atoms with Gasteiger partial charge in [0.2, 0.25) is 0 Å². The normalized spacial score (nSPS) is 11.5. The number of benzene rings is 2. The number of carbonyl (C=O) groups excluding carboxylic acids is 1. The monoisotopic (exact) mass is 367 g/mol. The summed E-state index contributed by atoms with van der Waals surface area (Å²) < 4.78 is 0.965. The van der Waals surface area contributed by atoms with Crippen molar-refractivity contribution in [3.8, 4) is 0 Å². The van der Waals surface area contributed by atoms with E-state index >= 15 is 0 Å². The Kier molecular flexibility index (Phi) is 4.48. The number of pyridine rings is 1. The van der Waals surface area contributed by atoms with Gasteiger partial charge in [-0.15, -0.1) is 0 Å². The molecule has 23 heavy (non-hydrogen) atoms. The molecule has 0 unspecified atom stereocenters. The minimum Gasteiger partial charge on any atom is -0.266 e. The van der Waals surface area contributed by atoms with E-state index in [-0.39, 0.29) is 5.91 Å². The quantitative estimate of drug-likeness (QED) is 0.558. The number of halogens is 1. The number of hydrogen-bond donors (Lipinski definition) is 1. The predicted molar refractivity (Wildman–Crippen MR) is 95.6 cm³/mol. The van der Waals surface area contributed by atoms with Gasteiger partial charge in [0.15, 0.2) is 0 Å². The first kappa shape index (κ1) is 15.4. The second-order valence-electron chi connectivity index (χ2n) is 5.04. The number of rotatable bonds is 3. The summed E-state index contributed by atoms with van der Waals surface area (Å²) in [5, 5.41) is 5.15. The molecule has 0 spiro atoms. The summed E-state index contributed by atoms with van der Waals surface area (Å²) in [6, 6.07) is 19.0. The molecule has 0 fully saturated rings. The van der Waals surface area contributed by atoms with Gasteiger partial charge in [-0.2, -0.15) is 5.10 Å². The third-order valence-electron chi connectivity index (χ3n) is 3.40. The van der Waals surface area contributed by atoms with Gasteiger partial charge in [0, 0.05) is 9.86 Å². The highest BCUT2D eigenvalue weighted by Crippen LogP contribution is 2.13. The largest absolute Gasteiger partial charge is 0.289 e. The van der Waals surface area contributed by atoms with Gasteiger partial charge in [-0.25, -0.2) is 10.4 Å². The van der Waals surface area contributed by atoms with Crippen LogP contribution in [0.3, 0.4) is 0 Å². The number of para-hydroxylation sites is 1. The zero-order chi connectivity index (χ0) is 16.2. The summed E-state index contributed by atoms with van der Waals surface area (Å²) in [5.41, 5.74) is 5.34. The lowest BCUT2D eigenvalue weighted by molar-refractivity contribution is 0.0950. The van der Waals surface area contributed by atoms with Crippen molar-refractivity contribution in [2.75, 3.05) is 0 Å². The van der Waals surface area contributed by atoms with E-state index in [2.05, 4.69) is 31.4 Å². The first-order valence-electron chi connectivity index (χ1n) is 7.10. The number of carbonyl (C=O) groups is 1. The Morgan fingerprint density at radius 1 is 1.09 bits per heavy atom. The van der Waals surface area contributed by atoms with Crippen molar-refractivity contribution in [3.63, 3.8) is 0 Å². The van der Waals surface area contributed by atoms with Crippen molar-refractivity contribution in [1.29, 1.82) is 0 Å². The maximum absolute atomic E-state index is 12.2. The number of fused-ring (bicyclic) bond motifs is 1. The maximum Gasteiger partial charge on any atom is 0.289 e. The molecule has 3 rings (SSSR count). The molecule has 1 aromatic heterocycles. The summed E-state index contributed by atoms with van der Waals surface area (Å²) in [4.78, 5) is 16.6. The van der Waals surface area contributed by atoms with Gasteiger partial charge < -0.3 is 0 Å². The fourth-order valence-electron chi connectivity index (χ4n) is 2.16. The molecule has 1 amide bonds. The molecular formula is C18H14BrN3O. The minimum absolute atomic E-state index is 0.329. The van der Waals surface area contributed by atoms with Crippen LogP contribution in [0.2, 0.25) is 0 Å². The van der Waals surface area contributed by atoms with Gasteiger partial charge in [0.1, 0.15) is 5.69 Å². The van der Waals surface area contributed by atoms with Crippen LogP contribution in [0.5, 0.6) is 0 Å². The molecule has 114 valence electrons. The third-order valence-corrected chi connectivity index (χ3v) is 3.89. The molecule has 0 saturated carbocycles. The van der Waals surface area contributed by atoms with Gasteiger partial charge in [-0.3, -0.25) is 4.79 Å². The molecule has 0 atom stereocenters. The van der Waals surface area contributed by atoms with E-state index < -0.39 is 0 Å². The van der Waals surface area contributed by atoms with Gasteiger partial charge in [0.05, 0.1) is 11.2 Å². The molecule has 0 aliphatic carbocycles. The van der Waals surface area contributed by atoms with Crippen LogP contribution in [-0.4, -0.2) is 16.6 Å². The molecule has 0 bridgehead atoms. The van der Waals surface area contributed by atoms with Crippen molar-refractivity contribution in [3.05, 3.63) is 76.4 Å². The van der Waals surface area contributed by atoms with Crippen LogP contribution in [0.1, 0.15) is 23.0 Å². The Morgan fingerprint density at radius 2 is 1.91 bits per heavy atom. The van der Waals surface area contributed by atoms with Crippen molar-refractivity contribution >= 4 is 38.5 Å². The summed E-state index contributed by atoms with van der Waals surface area (Å²) in [5.74, 6) is -0.329. The summed E-state index contributed by atoms with van der Waals surface area (Å²) in [6.45, 7) is 1.84. The highest BCUT2D eigenvalue weighted by Gasteiger charge is 2.07. The molecule has 1 N–H and O–H groups in total. The Hall–Kier alpha value is -2.53. The van der Waals surface area contributed by atoms with E-state index in [1.54, 1.807) is 6.07 Å². The number of hydrogen-bond acceptors (Lipinski definition) is 3. The molecule has 4 nitrogen and oxygen atoms in total. The highest BCUT2D eigenvalue weighted by atomic mass is 79.9. The van der Waals surface area contributed by atoms with Crippen LogP contribution in [0.25, 0.3) is 10.9 Å². The van der Waals surface area contributed by atoms with E-state index in [9.17, 15) is 4.79 Å². The average Bonchev–Trinajstić information content (AvgIpc) is 2.59. The van der Waals surface area contributed by atoms with E-state index in [0.29, 0.717) is 5.69 Å². The third kappa shape index (κ3) is 3.63. The second-order valence-corrected chi connectivity index (χ2v) is 5.95. The average molecular weight is 368 g/mol. The van der Waals surface area contributed by atoms with Crippen molar-refractivity contribution in [1.82, 2.24) is 10.4 Å². The fourth-order valence-corrected chi connectivity index (χ4v) is 2.56. The predicted octanol–water partition coefficient (Wildman–Crippen LogP) is 4.15. The standard InChI is InChI=1S/C18H14BrN3O/c1-12(14-6-4-7-15(19)11-14)21-22-18(23)17-10-9-13-5-2-3-8-16(13)20-17/h2-11H,1H3,(H,22,23)/b21-12-. The number of nitrogens with zero attached hydrogens (tertiary/aromatic N) is 2. The molecule has 0 aliphatic heterocycles. The lowest BCUT2D eigenvalue weighted by atomic mass is 10.1. The van der Waals surface area contributed by atoms with Crippen LogP contribution in [0.15, 0.2) is 70.2 Å². The summed E-state index contributed by atoms with van der Waals surface area (Å²) >= 11 is 3.42. The van der Waals surface area contributed by atoms with E-state index in [1.165, 1.54) is 0 Å². The van der Waals surface area contributed by atoms with Crippen molar-refractivity contribution < 1.29 is 4.79 Å². The Labute approximate surface area is 142 Å². The Balaban J connectivity index is 1.79. The first-order valence-corrected chi connectivity index (χ1v) is 7.89. The molecule has 2 aromatic carbocycles. The lowest BCUT2D eigenvalue weighted by Crippen LogP contribution is -2.20. The van der Waals surface area contributed by atoms with Crippen LogP contribution in [0.4, 0.5) is 0 Å². The molecule has 5 heteroatoms. The van der Waals surface area contributed by atoms with Gasteiger partial charge in [-0.05, 0) is 36.8 Å². The van der Waals surface area contributed by atoms with Crippen molar-refractivity contribution in [2.45, 2.75) is 6.92 Å². The van der Waals surface area contributed by atoms with Crippen molar-refractivity contribution in [2.24, 2.45) is 5.10 Å². The number of amides is 1. The highest BCUT2D eigenvalue weighted by molar-refractivity contribution is 9.10. The lowest BCUT2D eigenvalue weighted by Gasteiger charge is -2.04. The zero-order valence-electron chi connectivity index (χ0n) is 12.5. The molecule has 1 heterocycles. The summed E-state index contributed by atoms with van der Waals surface area (Å²) in [6.07, 6.45) is 0. The van der Waals surface area contributed by atoms with Gasteiger partial charge in [-0.1, -0.05) is 52.3 Å². The van der Waals surface area contributed by atoms with E-state index in [1.807, 2.05) is 61.5 Å². The SMILES string of the molecule is C/C(=N/NC(=O)c1ccc2ccccc2n1)c1cccc(Br)c1. The number of nitrogens with one attached hydrogen (secondary N) is 1. The second kappa shape index (κ2) is 6.71. The fraction of sp³-hybridized carbons (Fsp3) is 0.0556. The number of aromatic nitrogens is 1. The molecule has 3 aromatic rings. The van der Waals surface area contributed by atoms with Crippen LogP contribution < -0.4 is 5.43 Å². The molecular weight excluding hydrogens is 354 g/mol. The Morgan fingerprint density at radius 3 is 2.74 bits per heavy atom. The first-order chi connectivity index (χ1) is 11.1. The van der Waals surface area contributed by atoms with Crippen LogP contribution in [0, 0.1) is 0 Å². The van der Waals surface area contributed by atoms with Gasteiger partial charge >= 0.3 is 0 Å². The molecule has 0 saturated heterocycles. The van der Waals surface area contributed by atoms with E-state index in [4.69, 9.17) is 0 Å². The van der Waals surface area contributed by atoms with E-state index in [0.717, 1.165) is 26.7 Å². The zero-order valence-corrected chi connectivity index (χ0v) is 14.0. The maximum atomic E-state index is 12.2. The molecule has 0 aliphatic rings. The van der Waals surface area contributed by atoms with Crippen LogP contribution >= 0.6 is 15.9 Å².